The first-order valence-electron chi connectivity index (χ1n) is 5.39. The lowest BCUT2D eigenvalue weighted by atomic mass is 10.2. The van der Waals surface area contributed by atoms with Crippen LogP contribution < -0.4 is 5.32 Å². The lowest BCUT2D eigenvalue weighted by Gasteiger charge is -2.18. The Kier molecular flexibility index (Phi) is 3.45. The van der Waals surface area contributed by atoms with Crippen LogP contribution >= 0.6 is 22.9 Å². The summed E-state index contributed by atoms with van der Waals surface area (Å²) < 4.78 is 6.08. The molecule has 2 aromatic rings. The molecule has 0 saturated heterocycles. The quantitative estimate of drug-likeness (QED) is 0.849. The average Bonchev–Trinajstić information content (AvgIpc) is 2.55. The zero-order valence-corrected chi connectivity index (χ0v) is 11.9. The Morgan fingerprint density at radius 1 is 1.44 bits per heavy atom. The summed E-state index contributed by atoms with van der Waals surface area (Å²) in [7, 11) is 0. The molecule has 96 valence electrons. The number of nitrogens with zero attached hydrogens (tertiary/aromatic N) is 1. The van der Waals surface area contributed by atoms with Gasteiger partial charge < -0.3 is 4.74 Å². The summed E-state index contributed by atoms with van der Waals surface area (Å²) in [5.41, 5.74) is 0.278. The van der Waals surface area contributed by atoms with Crippen molar-refractivity contribution in [1.82, 2.24) is 4.98 Å². The molecule has 0 radical (unpaired) electrons. The number of amides is 1. The van der Waals surface area contributed by atoms with Crippen LogP contribution in [-0.2, 0) is 4.74 Å². The van der Waals surface area contributed by atoms with Gasteiger partial charge in [0.2, 0.25) is 0 Å². The second-order valence-electron chi connectivity index (χ2n) is 4.76. The summed E-state index contributed by atoms with van der Waals surface area (Å²) in [6.45, 7) is 5.43. The average molecular weight is 285 g/mol. The van der Waals surface area contributed by atoms with Gasteiger partial charge in [0.05, 0.1) is 10.2 Å². The fraction of sp³-hybridized carbons (Fsp3) is 0.333. The van der Waals surface area contributed by atoms with E-state index in [0.29, 0.717) is 10.2 Å². The number of aromatic nitrogens is 1. The third kappa shape index (κ3) is 3.34. The number of hydrogen-bond acceptors (Lipinski definition) is 4. The van der Waals surface area contributed by atoms with Crippen molar-refractivity contribution in [1.29, 1.82) is 0 Å². The van der Waals surface area contributed by atoms with E-state index in [1.54, 1.807) is 6.07 Å². The Morgan fingerprint density at radius 2 is 2.17 bits per heavy atom. The molecular formula is C12H13ClN2O2S. The number of nitrogens with one attached hydrogen (secondary N) is 1. The van der Waals surface area contributed by atoms with E-state index in [4.69, 9.17) is 16.3 Å². The maximum Gasteiger partial charge on any atom is 0.413 e. The molecule has 0 aliphatic carbocycles. The molecule has 2 rings (SSSR count). The zero-order valence-electron chi connectivity index (χ0n) is 10.3. The molecule has 0 aliphatic rings. The largest absolute Gasteiger partial charge is 0.444 e. The highest BCUT2D eigenvalue weighted by Gasteiger charge is 2.17. The van der Waals surface area contributed by atoms with Crippen molar-refractivity contribution in [3.8, 4) is 0 Å². The molecule has 0 bridgehead atoms. The predicted molar refractivity (Wildman–Crippen MR) is 74.5 cm³/mol. The van der Waals surface area contributed by atoms with E-state index in [2.05, 4.69) is 10.3 Å². The van der Waals surface area contributed by atoms with E-state index < -0.39 is 11.7 Å². The lowest BCUT2D eigenvalue weighted by molar-refractivity contribution is 0.0636. The topological polar surface area (TPSA) is 51.2 Å². The SMILES string of the molecule is CC(C)(C)OC(=O)Nc1nc2ccc(Cl)cc2s1. The number of hydrogen-bond donors (Lipinski definition) is 1. The second kappa shape index (κ2) is 4.74. The van der Waals surface area contributed by atoms with Crippen molar-refractivity contribution in [2.24, 2.45) is 0 Å². The second-order valence-corrected chi connectivity index (χ2v) is 6.23. The molecule has 4 nitrogen and oxygen atoms in total. The summed E-state index contributed by atoms with van der Waals surface area (Å²) in [6.07, 6.45) is -0.507. The molecule has 6 heteroatoms. The van der Waals surface area contributed by atoms with Gasteiger partial charge in [-0.25, -0.2) is 9.78 Å². The Labute approximate surface area is 114 Å². The fourth-order valence-corrected chi connectivity index (χ4v) is 2.47. The van der Waals surface area contributed by atoms with Crippen LogP contribution in [0.15, 0.2) is 18.2 Å². The van der Waals surface area contributed by atoms with Crippen LogP contribution in [0, 0.1) is 0 Å². The molecular weight excluding hydrogens is 272 g/mol. The summed E-state index contributed by atoms with van der Waals surface area (Å²) in [5, 5.41) is 3.76. The van der Waals surface area contributed by atoms with Crippen LogP contribution in [0.5, 0.6) is 0 Å². The van der Waals surface area contributed by atoms with Crippen molar-refractivity contribution in [3.63, 3.8) is 0 Å². The molecule has 0 unspecified atom stereocenters. The normalized spacial score (nSPS) is 11.6. The minimum atomic E-state index is -0.524. The molecule has 0 spiro atoms. The predicted octanol–water partition coefficient (Wildman–Crippen LogP) is 4.30. The minimum Gasteiger partial charge on any atom is -0.444 e. The van der Waals surface area contributed by atoms with E-state index >= 15 is 0 Å². The van der Waals surface area contributed by atoms with Crippen LogP contribution in [0.3, 0.4) is 0 Å². The smallest absolute Gasteiger partial charge is 0.413 e. The summed E-state index contributed by atoms with van der Waals surface area (Å²) in [5.74, 6) is 0. The summed E-state index contributed by atoms with van der Waals surface area (Å²) in [6, 6.07) is 5.39. The van der Waals surface area contributed by atoms with Gasteiger partial charge in [-0.05, 0) is 39.0 Å². The van der Waals surface area contributed by atoms with Gasteiger partial charge in [-0.15, -0.1) is 0 Å². The number of rotatable bonds is 1. The zero-order chi connectivity index (χ0) is 13.3. The highest BCUT2D eigenvalue weighted by molar-refractivity contribution is 7.22. The van der Waals surface area contributed by atoms with Gasteiger partial charge in [0.1, 0.15) is 5.60 Å². The van der Waals surface area contributed by atoms with Crippen molar-refractivity contribution in [3.05, 3.63) is 23.2 Å². The van der Waals surface area contributed by atoms with Crippen LogP contribution in [0.2, 0.25) is 5.02 Å². The van der Waals surface area contributed by atoms with Gasteiger partial charge in [-0.1, -0.05) is 22.9 Å². The maximum absolute atomic E-state index is 11.6. The molecule has 18 heavy (non-hydrogen) atoms. The molecule has 1 N–H and O–H groups in total. The Hall–Kier alpha value is -1.33. The van der Waals surface area contributed by atoms with Crippen LogP contribution in [0.1, 0.15) is 20.8 Å². The third-order valence-corrected chi connectivity index (χ3v) is 3.13. The number of benzene rings is 1. The number of thiazole rings is 1. The van der Waals surface area contributed by atoms with Gasteiger partial charge in [0.15, 0.2) is 5.13 Å². The number of fused-ring (bicyclic) bond motifs is 1. The summed E-state index contributed by atoms with van der Waals surface area (Å²) in [4.78, 5) is 15.9. The van der Waals surface area contributed by atoms with E-state index in [9.17, 15) is 4.79 Å². The van der Waals surface area contributed by atoms with E-state index in [-0.39, 0.29) is 0 Å². The van der Waals surface area contributed by atoms with Crippen LogP contribution in [0.4, 0.5) is 9.93 Å². The van der Waals surface area contributed by atoms with Gasteiger partial charge in [-0.2, -0.15) is 0 Å². The molecule has 1 amide bonds. The Balaban J connectivity index is 2.15. The van der Waals surface area contributed by atoms with Crippen molar-refractivity contribution in [2.45, 2.75) is 26.4 Å². The highest BCUT2D eigenvalue weighted by atomic mass is 35.5. The van der Waals surface area contributed by atoms with Gasteiger partial charge in [0, 0.05) is 5.02 Å². The number of carbonyl (C=O) groups is 1. The van der Waals surface area contributed by atoms with Crippen molar-refractivity contribution in [2.75, 3.05) is 5.32 Å². The minimum absolute atomic E-state index is 0.501. The maximum atomic E-state index is 11.6. The fourth-order valence-electron chi connectivity index (χ4n) is 1.34. The van der Waals surface area contributed by atoms with Crippen molar-refractivity contribution < 1.29 is 9.53 Å². The molecule has 0 fully saturated rings. The van der Waals surface area contributed by atoms with Gasteiger partial charge in [0.25, 0.3) is 0 Å². The first kappa shape index (κ1) is 13.1. The van der Waals surface area contributed by atoms with E-state index in [1.807, 2.05) is 32.9 Å². The highest BCUT2D eigenvalue weighted by Crippen LogP contribution is 2.28. The number of carbonyl (C=O) groups excluding carboxylic acids is 1. The van der Waals surface area contributed by atoms with E-state index in [0.717, 1.165) is 10.2 Å². The van der Waals surface area contributed by atoms with Gasteiger partial charge in [-0.3, -0.25) is 5.32 Å². The number of anilines is 1. The number of ether oxygens (including phenoxy) is 1. The Morgan fingerprint density at radius 3 is 2.83 bits per heavy atom. The molecule has 1 aromatic carbocycles. The third-order valence-electron chi connectivity index (χ3n) is 1.96. The van der Waals surface area contributed by atoms with Gasteiger partial charge >= 0.3 is 6.09 Å². The monoisotopic (exact) mass is 284 g/mol. The molecule has 0 saturated carbocycles. The van der Waals surface area contributed by atoms with E-state index in [1.165, 1.54) is 11.3 Å². The lowest BCUT2D eigenvalue weighted by Crippen LogP contribution is -2.27. The standard InChI is InChI=1S/C12H13ClN2O2S/c1-12(2,3)17-11(16)15-10-14-8-5-4-7(13)6-9(8)18-10/h4-6H,1-3H3,(H,14,15,16). The van der Waals surface area contributed by atoms with Crippen LogP contribution in [0.25, 0.3) is 10.2 Å². The first-order chi connectivity index (χ1) is 8.33. The van der Waals surface area contributed by atoms with Crippen LogP contribution in [-0.4, -0.2) is 16.7 Å². The number of halogens is 1. The molecule has 1 aromatic heterocycles. The summed E-state index contributed by atoms with van der Waals surface area (Å²) >= 11 is 7.25. The molecule has 0 aliphatic heterocycles. The molecule has 0 atom stereocenters. The first-order valence-corrected chi connectivity index (χ1v) is 6.59. The van der Waals surface area contributed by atoms with Crippen molar-refractivity contribution >= 4 is 44.4 Å². The molecule has 1 heterocycles. The Bertz CT molecular complexity index is 589.